The Kier molecular flexibility index (Phi) is 4.62. The maximum absolute atomic E-state index is 12.7. The summed E-state index contributed by atoms with van der Waals surface area (Å²) in [7, 11) is 1.76. The average Bonchev–Trinajstić information content (AvgIpc) is 3.35. The highest BCUT2D eigenvalue weighted by Gasteiger charge is 2.18. The summed E-state index contributed by atoms with van der Waals surface area (Å²) in [4.78, 5) is 38.5. The molecule has 1 aromatic carbocycles. The van der Waals surface area contributed by atoms with E-state index in [1.54, 1.807) is 30.3 Å². The molecule has 0 spiro atoms. The smallest absolute Gasteiger partial charge is 0.339 e. The fourth-order valence-corrected chi connectivity index (χ4v) is 3.84. The van der Waals surface area contributed by atoms with Crippen molar-refractivity contribution < 1.29 is 14.7 Å². The highest BCUT2D eigenvalue weighted by atomic mass is 32.1. The van der Waals surface area contributed by atoms with Gasteiger partial charge in [0.05, 0.1) is 21.6 Å². The Morgan fingerprint density at radius 1 is 1.18 bits per heavy atom. The van der Waals surface area contributed by atoms with Crippen LogP contribution in [0.2, 0.25) is 0 Å². The summed E-state index contributed by atoms with van der Waals surface area (Å²) in [6.45, 7) is 0.518. The molecule has 4 aromatic rings. The first kappa shape index (κ1) is 17.9. The summed E-state index contributed by atoms with van der Waals surface area (Å²) in [5.41, 5.74) is 2.37. The predicted molar refractivity (Wildman–Crippen MR) is 106 cm³/mol. The van der Waals surface area contributed by atoms with Crippen LogP contribution in [0.15, 0.2) is 54.9 Å². The van der Waals surface area contributed by atoms with Gasteiger partial charge in [0.25, 0.3) is 5.91 Å². The maximum Gasteiger partial charge on any atom is 0.339 e. The van der Waals surface area contributed by atoms with Gasteiger partial charge in [-0.05, 0) is 17.7 Å². The van der Waals surface area contributed by atoms with Gasteiger partial charge >= 0.3 is 5.97 Å². The molecular weight excluding hydrogens is 376 g/mol. The SMILES string of the molecule is CN(Cc1ccccc1)C(=O)c1ccc(-c2cnc3[nH]cc(C(=O)O)c3n2)s1. The van der Waals surface area contributed by atoms with Crippen molar-refractivity contribution in [3.8, 4) is 10.6 Å². The van der Waals surface area contributed by atoms with Gasteiger partial charge in [-0.1, -0.05) is 30.3 Å². The number of nitrogens with zero attached hydrogens (tertiary/aromatic N) is 3. The van der Waals surface area contributed by atoms with Gasteiger partial charge in [0, 0.05) is 19.8 Å². The van der Waals surface area contributed by atoms with Crippen LogP contribution in [-0.2, 0) is 6.54 Å². The molecule has 8 heteroatoms. The molecule has 0 fully saturated rings. The van der Waals surface area contributed by atoms with Gasteiger partial charge in [0.1, 0.15) is 11.1 Å². The van der Waals surface area contributed by atoms with Crippen LogP contribution in [0.25, 0.3) is 21.7 Å². The van der Waals surface area contributed by atoms with Crippen LogP contribution < -0.4 is 0 Å². The molecule has 4 rings (SSSR count). The Morgan fingerprint density at radius 2 is 1.96 bits per heavy atom. The van der Waals surface area contributed by atoms with Crippen molar-refractivity contribution in [2.24, 2.45) is 0 Å². The molecule has 7 nitrogen and oxygen atoms in total. The molecule has 140 valence electrons. The number of H-pyrrole nitrogens is 1. The molecule has 0 aliphatic rings. The third kappa shape index (κ3) is 3.37. The number of carboxylic acid groups (broad SMARTS) is 1. The third-order valence-corrected chi connectivity index (χ3v) is 5.39. The second-order valence-electron chi connectivity index (χ2n) is 6.27. The number of benzene rings is 1. The first-order valence-electron chi connectivity index (χ1n) is 8.50. The molecule has 3 heterocycles. The van der Waals surface area contributed by atoms with Gasteiger partial charge in [-0.15, -0.1) is 11.3 Å². The normalized spacial score (nSPS) is 10.9. The Labute approximate surface area is 164 Å². The second-order valence-corrected chi connectivity index (χ2v) is 7.35. The van der Waals surface area contributed by atoms with Crippen LogP contribution in [0.4, 0.5) is 0 Å². The molecule has 0 saturated carbocycles. The van der Waals surface area contributed by atoms with E-state index in [0.29, 0.717) is 28.3 Å². The largest absolute Gasteiger partial charge is 0.478 e. The predicted octanol–water partition coefficient (Wildman–Crippen LogP) is 3.66. The topological polar surface area (TPSA) is 99.2 Å². The minimum atomic E-state index is -1.07. The van der Waals surface area contributed by atoms with E-state index in [0.717, 1.165) is 10.4 Å². The fraction of sp³-hybridized carbons (Fsp3) is 0.100. The summed E-state index contributed by atoms with van der Waals surface area (Å²) in [5.74, 6) is -1.15. The van der Waals surface area contributed by atoms with Crippen molar-refractivity contribution in [2.45, 2.75) is 6.54 Å². The zero-order valence-electron chi connectivity index (χ0n) is 14.9. The van der Waals surface area contributed by atoms with E-state index in [-0.39, 0.29) is 11.5 Å². The molecule has 28 heavy (non-hydrogen) atoms. The lowest BCUT2D eigenvalue weighted by molar-refractivity contribution is 0.0698. The number of aromatic amines is 1. The van der Waals surface area contributed by atoms with Gasteiger partial charge in [0.15, 0.2) is 5.65 Å². The van der Waals surface area contributed by atoms with E-state index in [9.17, 15) is 14.7 Å². The number of carbonyl (C=O) groups is 2. The third-order valence-electron chi connectivity index (χ3n) is 4.29. The number of hydrogen-bond donors (Lipinski definition) is 2. The quantitative estimate of drug-likeness (QED) is 0.540. The molecule has 3 aromatic heterocycles. The van der Waals surface area contributed by atoms with Gasteiger partial charge < -0.3 is 15.0 Å². The molecular formula is C20H16N4O3S. The molecule has 2 N–H and O–H groups in total. The van der Waals surface area contributed by atoms with Gasteiger partial charge in [0.2, 0.25) is 0 Å². The summed E-state index contributed by atoms with van der Waals surface area (Å²) < 4.78 is 0. The summed E-state index contributed by atoms with van der Waals surface area (Å²) in [6.07, 6.45) is 2.94. The Hall–Kier alpha value is -3.52. The number of aromatic nitrogens is 3. The first-order valence-corrected chi connectivity index (χ1v) is 9.31. The number of carboxylic acids is 1. The molecule has 0 aliphatic heterocycles. The molecule has 0 bridgehead atoms. The van der Waals surface area contributed by atoms with Crippen molar-refractivity contribution in [1.29, 1.82) is 0 Å². The lowest BCUT2D eigenvalue weighted by atomic mass is 10.2. The van der Waals surface area contributed by atoms with Gasteiger partial charge in [-0.2, -0.15) is 0 Å². The highest BCUT2D eigenvalue weighted by molar-refractivity contribution is 7.17. The molecule has 1 amide bonds. The molecule has 0 atom stereocenters. The van der Waals surface area contributed by atoms with Crippen molar-refractivity contribution in [3.63, 3.8) is 0 Å². The van der Waals surface area contributed by atoms with Gasteiger partial charge in [-0.25, -0.2) is 14.8 Å². The number of thiophene rings is 1. The Bertz CT molecular complexity index is 1170. The van der Waals surface area contributed by atoms with Crippen molar-refractivity contribution >= 4 is 34.4 Å². The van der Waals surface area contributed by atoms with Crippen molar-refractivity contribution in [3.05, 3.63) is 70.9 Å². The lowest BCUT2D eigenvalue weighted by Crippen LogP contribution is -2.25. The molecule has 0 aliphatic carbocycles. The van der Waals surface area contributed by atoms with Crippen LogP contribution in [-0.4, -0.2) is 43.9 Å². The van der Waals surface area contributed by atoms with Crippen LogP contribution in [0.1, 0.15) is 25.6 Å². The number of amides is 1. The molecule has 0 saturated heterocycles. The lowest BCUT2D eigenvalue weighted by Gasteiger charge is -2.16. The van der Waals surface area contributed by atoms with E-state index in [4.69, 9.17) is 0 Å². The second kappa shape index (κ2) is 7.24. The monoisotopic (exact) mass is 392 g/mol. The molecule has 0 unspecified atom stereocenters. The standard InChI is InChI=1S/C20H16N4O3S/c1-24(11-12-5-3-2-4-6-12)19(25)16-8-7-15(28-16)14-10-22-18-17(23-14)13(9-21-18)20(26)27/h2-10H,11H2,1H3,(H,21,22)(H,26,27). The van der Waals surface area contributed by atoms with E-state index < -0.39 is 5.97 Å². The zero-order valence-corrected chi connectivity index (χ0v) is 15.7. The number of carbonyl (C=O) groups excluding carboxylic acids is 1. The van der Waals surface area contributed by atoms with E-state index in [1.165, 1.54) is 17.5 Å². The summed E-state index contributed by atoms with van der Waals surface area (Å²) in [6, 6.07) is 13.3. The van der Waals surface area contributed by atoms with Crippen LogP contribution in [0, 0.1) is 0 Å². The Balaban J connectivity index is 1.58. The van der Waals surface area contributed by atoms with Crippen LogP contribution in [0.3, 0.4) is 0 Å². The number of nitrogens with one attached hydrogen (secondary N) is 1. The number of hydrogen-bond acceptors (Lipinski definition) is 5. The maximum atomic E-state index is 12.7. The first-order chi connectivity index (χ1) is 13.5. The van der Waals surface area contributed by atoms with Crippen LogP contribution in [0.5, 0.6) is 0 Å². The minimum absolute atomic E-state index is 0.0693. The zero-order chi connectivity index (χ0) is 19.7. The van der Waals surface area contributed by atoms with E-state index >= 15 is 0 Å². The molecule has 0 radical (unpaired) electrons. The fourth-order valence-electron chi connectivity index (χ4n) is 2.88. The highest BCUT2D eigenvalue weighted by Crippen LogP contribution is 2.29. The Morgan fingerprint density at radius 3 is 2.71 bits per heavy atom. The van der Waals surface area contributed by atoms with Crippen LogP contribution >= 0.6 is 11.3 Å². The average molecular weight is 392 g/mol. The van der Waals surface area contributed by atoms with Gasteiger partial charge in [-0.3, -0.25) is 4.79 Å². The number of fused-ring (bicyclic) bond motifs is 1. The van der Waals surface area contributed by atoms with Crippen molar-refractivity contribution in [2.75, 3.05) is 7.05 Å². The van der Waals surface area contributed by atoms with Crippen molar-refractivity contribution in [1.82, 2.24) is 19.9 Å². The minimum Gasteiger partial charge on any atom is -0.478 e. The number of aromatic carboxylic acids is 1. The summed E-state index contributed by atoms with van der Waals surface area (Å²) in [5, 5.41) is 9.26. The summed E-state index contributed by atoms with van der Waals surface area (Å²) >= 11 is 1.31. The number of rotatable bonds is 5. The van der Waals surface area contributed by atoms with E-state index in [1.807, 2.05) is 30.3 Å². The van der Waals surface area contributed by atoms with E-state index in [2.05, 4.69) is 15.0 Å².